The van der Waals surface area contributed by atoms with Gasteiger partial charge in [0.1, 0.15) is 4.83 Å². The minimum Gasteiger partial charge on any atom is -0.493 e. The first-order valence-electron chi connectivity index (χ1n) is 11.5. The molecule has 2 aromatic heterocycles. The number of methoxy groups -OCH3 is 2. The van der Waals surface area contributed by atoms with Crippen LogP contribution in [0.3, 0.4) is 0 Å². The summed E-state index contributed by atoms with van der Waals surface area (Å²) in [5.41, 5.74) is 4.90. The molecule has 2 heterocycles. The fourth-order valence-electron chi connectivity index (χ4n) is 4.21. The molecule has 11 heteroatoms. The molecule has 0 bridgehead atoms. The molecular weight excluding hydrogens is 532 g/mol. The van der Waals surface area contributed by atoms with Crippen molar-refractivity contribution in [1.29, 1.82) is 0 Å². The van der Waals surface area contributed by atoms with Gasteiger partial charge in [-0.05, 0) is 72.9 Å². The number of fused-ring (bicyclic) bond motifs is 3. The van der Waals surface area contributed by atoms with Gasteiger partial charge < -0.3 is 9.47 Å². The third-order valence-corrected chi connectivity index (χ3v) is 8.31. The first-order valence-corrected chi connectivity index (χ1v) is 13.7. The molecule has 0 atom stereocenters. The van der Waals surface area contributed by atoms with E-state index in [-0.39, 0.29) is 17.2 Å². The molecule has 1 aliphatic carbocycles. The number of ether oxygens (including phenoxy) is 2. The van der Waals surface area contributed by atoms with Gasteiger partial charge in [-0.1, -0.05) is 23.4 Å². The van der Waals surface area contributed by atoms with Crippen LogP contribution in [0.5, 0.6) is 11.5 Å². The molecule has 2 aromatic carbocycles. The summed E-state index contributed by atoms with van der Waals surface area (Å²) in [6, 6.07) is 12.3. The third kappa shape index (κ3) is 5.22. The zero-order valence-corrected chi connectivity index (χ0v) is 22.5. The summed E-state index contributed by atoms with van der Waals surface area (Å²) >= 11 is 8.83. The largest absolute Gasteiger partial charge is 0.493 e. The Labute approximate surface area is 226 Å². The number of benzene rings is 2. The van der Waals surface area contributed by atoms with Crippen molar-refractivity contribution in [3.63, 3.8) is 0 Å². The van der Waals surface area contributed by atoms with Gasteiger partial charge in [0.25, 0.3) is 11.5 Å². The molecule has 190 valence electrons. The Kier molecular flexibility index (Phi) is 7.50. The highest BCUT2D eigenvalue weighted by atomic mass is 35.5. The molecule has 1 amide bonds. The lowest BCUT2D eigenvalue weighted by molar-refractivity contribution is -0.118. The molecule has 1 aliphatic rings. The lowest BCUT2D eigenvalue weighted by atomic mass is 10.2. The van der Waals surface area contributed by atoms with Crippen molar-refractivity contribution in [3.05, 3.63) is 73.8 Å². The van der Waals surface area contributed by atoms with E-state index in [1.54, 1.807) is 72.6 Å². The lowest BCUT2D eigenvalue weighted by Crippen LogP contribution is -2.24. The number of thiophene rings is 1. The minimum absolute atomic E-state index is 0.0277. The lowest BCUT2D eigenvalue weighted by Gasteiger charge is -2.12. The van der Waals surface area contributed by atoms with E-state index in [4.69, 9.17) is 26.1 Å². The quantitative estimate of drug-likeness (QED) is 0.145. The van der Waals surface area contributed by atoms with Crippen molar-refractivity contribution in [2.75, 3.05) is 20.0 Å². The van der Waals surface area contributed by atoms with Gasteiger partial charge in [0.2, 0.25) is 0 Å². The van der Waals surface area contributed by atoms with Crippen LogP contribution in [-0.2, 0) is 17.6 Å². The summed E-state index contributed by atoms with van der Waals surface area (Å²) < 4.78 is 12.1. The molecular formula is C26H23ClN4O4S2. The van der Waals surface area contributed by atoms with Crippen molar-refractivity contribution in [2.45, 2.75) is 24.4 Å². The molecule has 0 saturated heterocycles. The summed E-state index contributed by atoms with van der Waals surface area (Å²) in [4.78, 5) is 33.0. The van der Waals surface area contributed by atoms with Crippen molar-refractivity contribution >= 4 is 57.0 Å². The molecule has 8 nitrogen and oxygen atoms in total. The second-order valence-corrected chi connectivity index (χ2v) is 10.7. The molecule has 0 aliphatic heterocycles. The fraction of sp³-hybridized carbons (Fsp3) is 0.231. The van der Waals surface area contributed by atoms with Crippen LogP contribution in [0.25, 0.3) is 15.9 Å². The van der Waals surface area contributed by atoms with Crippen molar-refractivity contribution in [3.8, 4) is 17.2 Å². The van der Waals surface area contributed by atoms with Crippen LogP contribution >= 0.6 is 34.7 Å². The van der Waals surface area contributed by atoms with Crippen LogP contribution in [0.15, 0.2) is 57.5 Å². The predicted octanol–water partition coefficient (Wildman–Crippen LogP) is 4.85. The van der Waals surface area contributed by atoms with Crippen LogP contribution in [0.2, 0.25) is 5.02 Å². The Balaban J connectivity index is 1.37. The van der Waals surface area contributed by atoms with Crippen LogP contribution < -0.4 is 20.5 Å². The van der Waals surface area contributed by atoms with Gasteiger partial charge in [-0.25, -0.2) is 10.4 Å². The average molecular weight is 555 g/mol. The van der Waals surface area contributed by atoms with E-state index in [9.17, 15) is 9.59 Å². The van der Waals surface area contributed by atoms with Gasteiger partial charge in [-0.2, -0.15) is 5.10 Å². The predicted molar refractivity (Wildman–Crippen MR) is 148 cm³/mol. The van der Waals surface area contributed by atoms with Crippen molar-refractivity contribution < 1.29 is 14.3 Å². The summed E-state index contributed by atoms with van der Waals surface area (Å²) in [6.45, 7) is 0. The maximum atomic E-state index is 13.7. The number of hydrazone groups is 1. The first-order chi connectivity index (χ1) is 18.0. The summed E-state index contributed by atoms with van der Waals surface area (Å²) in [6.07, 6.45) is 4.43. The van der Waals surface area contributed by atoms with E-state index in [0.29, 0.717) is 37.6 Å². The average Bonchev–Trinajstić information content (AvgIpc) is 3.49. The Bertz CT molecular complexity index is 1560. The number of hydrogen-bond acceptors (Lipinski definition) is 8. The van der Waals surface area contributed by atoms with E-state index in [1.165, 1.54) is 22.9 Å². The summed E-state index contributed by atoms with van der Waals surface area (Å²) in [7, 11) is 3.12. The third-order valence-electron chi connectivity index (χ3n) is 5.94. The smallest absolute Gasteiger partial charge is 0.267 e. The van der Waals surface area contributed by atoms with E-state index in [1.807, 2.05) is 0 Å². The number of carbonyl (C=O) groups is 1. The standard InChI is InChI=1S/C26H23ClN4O4S2/c1-34-19-11-6-15(12-20(19)35-2)13-28-30-22(32)14-36-26-29-24-23(18-4-3-5-21(18)37-24)25(33)31(26)17-9-7-16(27)8-10-17/h6-13H,3-5,14H2,1-2H3,(H,30,32). The first kappa shape index (κ1) is 25.3. The monoisotopic (exact) mass is 554 g/mol. The molecule has 4 aromatic rings. The van der Waals surface area contributed by atoms with Gasteiger partial charge in [-0.15, -0.1) is 11.3 Å². The van der Waals surface area contributed by atoms with E-state index >= 15 is 0 Å². The Morgan fingerprint density at radius 2 is 1.97 bits per heavy atom. The molecule has 0 fully saturated rings. The number of carbonyl (C=O) groups excluding carboxylic acids is 1. The van der Waals surface area contributed by atoms with E-state index < -0.39 is 0 Å². The SMILES string of the molecule is COc1ccc(C=NNC(=O)CSc2nc3sc4c(c3c(=O)n2-c2ccc(Cl)cc2)CCC4)cc1OC. The number of aryl methyl sites for hydroxylation is 2. The molecule has 37 heavy (non-hydrogen) atoms. The topological polar surface area (TPSA) is 94.8 Å². The maximum absolute atomic E-state index is 13.7. The van der Waals surface area contributed by atoms with Gasteiger partial charge >= 0.3 is 0 Å². The van der Waals surface area contributed by atoms with E-state index in [2.05, 4.69) is 10.5 Å². The highest BCUT2D eigenvalue weighted by Crippen LogP contribution is 2.36. The van der Waals surface area contributed by atoms with Gasteiger partial charge in [0, 0.05) is 9.90 Å². The number of hydrogen-bond donors (Lipinski definition) is 1. The molecule has 0 radical (unpaired) electrons. The Hall–Kier alpha value is -3.34. The zero-order chi connectivity index (χ0) is 25.9. The number of rotatable bonds is 8. The van der Waals surface area contributed by atoms with Crippen molar-refractivity contribution in [2.24, 2.45) is 5.10 Å². The molecule has 0 saturated carbocycles. The normalized spacial score (nSPS) is 12.7. The number of thioether (sulfide) groups is 1. The Morgan fingerprint density at radius 1 is 1.19 bits per heavy atom. The number of aromatic nitrogens is 2. The van der Waals surface area contributed by atoms with Gasteiger partial charge in [0.05, 0.1) is 37.3 Å². The van der Waals surface area contributed by atoms with Crippen LogP contribution in [0.1, 0.15) is 22.4 Å². The highest BCUT2D eigenvalue weighted by molar-refractivity contribution is 7.99. The van der Waals surface area contributed by atoms with Gasteiger partial charge in [0.15, 0.2) is 16.7 Å². The molecule has 0 spiro atoms. The van der Waals surface area contributed by atoms with Crippen LogP contribution in [0.4, 0.5) is 0 Å². The summed E-state index contributed by atoms with van der Waals surface area (Å²) in [5.74, 6) is 0.870. The number of nitrogens with zero attached hydrogens (tertiary/aromatic N) is 3. The minimum atomic E-state index is -0.326. The van der Waals surface area contributed by atoms with Crippen LogP contribution in [0, 0.1) is 0 Å². The van der Waals surface area contributed by atoms with Gasteiger partial charge in [-0.3, -0.25) is 14.2 Å². The maximum Gasteiger partial charge on any atom is 0.267 e. The number of nitrogens with one attached hydrogen (secondary N) is 1. The van der Waals surface area contributed by atoms with Crippen molar-refractivity contribution in [1.82, 2.24) is 15.0 Å². The summed E-state index contributed by atoms with van der Waals surface area (Å²) in [5, 5.41) is 5.74. The molecule has 0 unspecified atom stereocenters. The second-order valence-electron chi connectivity index (χ2n) is 8.25. The highest BCUT2D eigenvalue weighted by Gasteiger charge is 2.24. The second kappa shape index (κ2) is 11.0. The van der Waals surface area contributed by atoms with Crippen LogP contribution in [-0.4, -0.2) is 41.6 Å². The molecule has 1 N–H and O–H groups in total. The molecule has 5 rings (SSSR count). The van der Waals surface area contributed by atoms with E-state index in [0.717, 1.165) is 30.4 Å². The number of halogens is 1. The fourth-order valence-corrected chi connectivity index (χ4v) is 6.45. The Morgan fingerprint density at radius 3 is 2.73 bits per heavy atom. The zero-order valence-electron chi connectivity index (χ0n) is 20.1. The number of amides is 1.